The summed E-state index contributed by atoms with van der Waals surface area (Å²) in [5, 5.41) is -0.701. The smallest absolute Gasteiger partial charge is 0.238 e. The molecule has 1 unspecified atom stereocenters. The van der Waals surface area contributed by atoms with Crippen molar-refractivity contribution < 1.29 is 12.8 Å². The SMILES string of the molecule is CCN(c1cccc(F)c1)S(=O)(=O)C(C)CCl. The van der Waals surface area contributed by atoms with E-state index < -0.39 is 21.1 Å². The third kappa shape index (κ3) is 3.10. The highest BCUT2D eigenvalue weighted by Crippen LogP contribution is 2.21. The molecule has 0 saturated carbocycles. The molecule has 0 heterocycles. The highest BCUT2D eigenvalue weighted by atomic mass is 35.5. The summed E-state index contributed by atoms with van der Waals surface area (Å²) in [5.41, 5.74) is 0.324. The Morgan fingerprint density at radius 2 is 2.12 bits per heavy atom. The molecule has 1 aromatic carbocycles. The third-order valence-corrected chi connectivity index (χ3v) is 5.33. The predicted molar refractivity (Wildman–Crippen MR) is 68.5 cm³/mol. The summed E-state index contributed by atoms with van der Waals surface area (Å²) < 4.78 is 38.5. The first-order chi connectivity index (χ1) is 7.93. The van der Waals surface area contributed by atoms with Crippen molar-refractivity contribution in [3.05, 3.63) is 30.1 Å². The van der Waals surface area contributed by atoms with E-state index in [-0.39, 0.29) is 12.4 Å². The van der Waals surface area contributed by atoms with Crippen molar-refractivity contribution in [2.24, 2.45) is 0 Å². The van der Waals surface area contributed by atoms with Crippen molar-refractivity contribution in [2.75, 3.05) is 16.7 Å². The predicted octanol–water partition coefficient (Wildman–Crippen LogP) is 2.61. The molecule has 3 nitrogen and oxygen atoms in total. The summed E-state index contributed by atoms with van der Waals surface area (Å²) in [4.78, 5) is 0. The molecule has 0 amide bonds. The van der Waals surface area contributed by atoms with Crippen LogP contribution in [-0.4, -0.2) is 26.1 Å². The van der Waals surface area contributed by atoms with Crippen LogP contribution in [0.2, 0.25) is 0 Å². The first kappa shape index (κ1) is 14.3. The second kappa shape index (κ2) is 5.69. The Morgan fingerprint density at radius 1 is 1.47 bits per heavy atom. The van der Waals surface area contributed by atoms with Gasteiger partial charge in [-0.3, -0.25) is 4.31 Å². The van der Waals surface area contributed by atoms with E-state index in [0.29, 0.717) is 5.69 Å². The monoisotopic (exact) mass is 279 g/mol. The summed E-state index contributed by atoms with van der Waals surface area (Å²) in [5.74, 6) is -0.455. The molecule has 0 fully saturated rings. The summed E-state index contributed by atoms with van der Waals surface area (Å²) in [6, 6.07) is 5.51. The van der Waals surface area contributed by atoms with Crippen molar-refractivity contribution in [3.63, 3.8) is 0 Å². The molecule has 0 aromatic heterocycles. The molecule has 1 atom stereocenters. The summed E-state index contributed by atoms with van der Waals surface area (Å²) >= 11 is 5.58. The lowest BCUT2D eigenvalue weighted by Gasteiger charge is -2.25. The molecule has 0 N–H and O–H groups in total. The molecule has 0 aliphatic rings. The number of sulfonamides is 1. The topological polar surface area (TPSA) is 37.4 Å². The lowest BCUT2D eigenvalue weighted by molar-refractivity contribution is 0.583. The van der Waals surface area contributed by atoms with Crippen molar-refractivity contribution in [1.29, 1.82) is 0 Å². The summed E-state index contributed by atoms with van der Waals surface area (Å²) in [6.45, 7) is 3.47. The Labute approximate surface area is 106 Å². The molecular weight excluding hydrogens is 265 g/mol. The Bertz CT molecular complexity index is 478. The second-order valence-electron chi connectivity index (χ2n) is 3.65. The minimum Gasteiger partial charge on any atom is -0.270 e. The first-order valence-electron chi connectivity index (χ1n) is 5.26. The van der Waals surface area contributed by atoms with Crippen molar-refractivity contribution in [2.45, 2.75) is 19.1 Å². The number of nitrogens with zero attached hydrogens (tertiary/aromatic N) is 1. The maximum absolute atomic E-state index is 13.1. The standard InChI is InChI=1S/C11H15ClFNO2S/c1-3-14(17(15,16)9(2)8-12)11-6-4-5-10(13)7-11/h4-7,9H,3,8H2,1-2H3. The van der Waals surface area contributed by atoms with Gasteiger partial charge in [0.05, 0.1) is 10.9 Å². The lowest BCUT2D eigenvalue weighted by atomic mass is 10.3. The Kier molecular flexibility index (Phi) is 4.77. The van der Waals surface area contributed by atoms with Crippen LogP contribution in [0.3, 0.4) is 0 Å². The molecule has 0 bridgehead atoms. The fourth-order valence-electron chi connectivity index (χ4n) is 1.44. The largest absolute Gasteiger partial charge is 0.270 e. The highest BCUT2D eigenvalue weighted by Gasteiger charge is 2.27. The Hall–Kier alpha value is -0.810. The van der Waals surface area contributed by atoms with Gasteiger partial charge in [-0.1, -0.05) is 6.07 Å². The van der Waals surface area contributed by atoms with Gasteiger partial charge in [0.15, 0.2) is 0 Å². The zero-order valence-electron chi connectivity index (χ0n) is 9.73. The molecule has 1 aromatic rings. The number of rotatable bonds is 5. The fourth-order valence-corrected chi connectivity index (χ4v) is 3.28. The van der Waals surface area contributed by atoms with E-state index in [1.807, 2.05) is 0 Å². The van der Waals surface area contributed by atoms with Crippen LogP contribution in [0.4, 0.5) is 10.1 Å². The van der Waals surface area contributed by atoms with Gasteiger partial charge in [-0.05, 0) is 32.0 Å². The Morgan fingerprint density at radius 3 is 2.59 bits per heavy atom. The molecule has 0 saturated heterocycles. The van der Waals surface area contributed by atoms with Crippen LogP contribution in [0.1, 0.15) is 13.8 Å². The van der Waals surface area contributed by atoms with Gasteiger partial charge < -0.3 is 0 Å². The van der Waals surface area contributed by atoms with Crippen molar-refractivity contribution in [1.82, 2.24) is 0 Å². The minimum atomic E-state index is -3.54. The number of hydrogen-bond acceptors (Lipinski definition) is 2. The van der Waals surface area contributed by atoms with E-state index in [9.17, 15) is 12.8 Å². The van der Waals surface area contributed by atoms with E-state index in [0.717, 1.165) is 0 Å². The van der Waals surface area contributed by atoms with Gasteiger partial charge in [-0.2, -0.15) is 0 Å². The Balaban J connectivity index is 3.16. The minimum absolute atomic E-state index is 0.00808. The van der Waals surface area contributed by atoms with Crippen LogP contribution in [-0.2, 0) is 10.0 Å². The molecule has 1 rings (SSSR count). The van der Waals surface area contributed by atoms with E-state index >= 15 is 0 Å². The normalized spacial score (nSPS) is 13.4. The van der Waals surface area contributed by atoms with Crippen molar-refractivity contribution >= 4 is 27.3 Å². The number of halogens is 2. The zero-order chi connectivity index (χ0) is 13.1. The molecule has 0 spiro atoms. The second-order valence-corrected chi connectivity index (χ2v) is 6.24. The summed E-state index contributed by atoms with van der Waals surface area (Å²) in [7, 11) is -3.54. The lowest BCUT2D eigenvalue weighted by Crippen LogP contribution is -2.38. The van der Waals surface area contributed by atoms with Crippen LogP contribution >= 0.6 is 11.6 Å². The molecule has 0 aliphatic heterocycles. The molecule has 0 radical (unpaired) electrons. The molecule has 17 heavy (non-hydrogen) atoms. The fraction of sp³-hybridized carbons (Fsp3) is 0.455. The zero-order valence-corrected chi connectivity index (χ0v) is 11.3. The average molecular weight is 280 g/mol. The van der Waals surface area contributed by atoms with Crippen LogP contribution < -0.4 is 4.31 Å². The number of anilines is 1. The van der Waals surface area contributed by atoms with Gasteiger partial charge in [0.25, 0.3) is 0 Å². The van der Waals surface area contributed by atoms with Crippen LogP contribution in [0.15, 0.2) is 24.3 Å². The van der Waals surface area contributed by atoms with Crippen LogP contribution in [0.5, 0.6) is 0 Å². The van der Waals surface area contributed by atoms with E-state index in [1.165, 1.54) is 29.4 Å². The highest BCUT2D eigenvalue weighted by molar-refractivity contribution is 7.93. The number of benzene rings is 1. The molecule has 96 valence electrons. The first-order valence-corrected chi connectivity index (χ1v) is 7.30. The van der Waals surface area contributed by atoms with Crippen LogP contribution in [0, 0.1) is 5.82 Å². The van der Waals surface area contributed by atoms with Gasteiger partial charge in [-0.25, -0.2) is 12.8 Å². The van der Waals surface area contributed by atoms with Crippen molar-refractivity contribution in [3.8, 4) is 0 Å². The quantitative estimate of drug-likeness (QED) is 0.777. The van der Waals surface area contributed by atoms with Gasteiger partial charge in [-0.15, -0.1) is 11.6 Å². The van der Waals surface area contributed by atoms with E-state index in [2.05, 4.69) is 0 Å². The van der Waals surface area contributed by atoms with Gasteiger partial charge >= 0.3 is 0 Å². The maximum atomic E-state index is 13.1. The van der Waals surface area contributed by atoms with Gasteiger partial charge in [0.2, 0.25) is 10.0 Å². The van der Waals surface area contributed by atoms with E-state index in [1.54, 1.807) is 13.0 Å². The number of hydrogen-bond donors (Lipinski definition) is 0. The third-order valence-electron chi connectivity index (χ3n) is 2.42. The molecule has 6 heteroatoms. The van der Waals surface area contributed by atoms with Gasteiger partial charge in [0.1, 0.15) is 5.82 Å². The van der Waals surface area contributed by atoms with Gasteiger partial charge in [0, 0.05) is 12.4 Å². The summed E-state index contributed by atoms with van der Waals surface area (Å²) in [6.07, 6.45) is 0. The molecule has 0 aliphatic carbocycles. The number of alkyl halides is 1. The molecular formula is C11H15ClFNO2S. The average Bonchev–Trinajstić information content (AvgIpc) is 2.28. The van der Waals surface area contributed by atoms with Crippen LogP contribution in [0.25, 0.3) is 0 Å². The maximum Gasteiger partial charge on any atom is 0.238 e. The van der Waals surface area contributed by atoms with E-state index in [4.69, 9.17) is 11.6 Å².